The molecule has 0 spiro atoms. The summed E-state index contributed by atoms with van der Waals surface area (Å²) in [4.78, 5) is 45.6. The third-order valence-electron chi connectivity index (χ3n) is 8.47. The van der Waals surface area contributed by atoms with Gasteiger partial charge >= 0.3 is 6.09 Å². The number of unbranched alkanes of at least 4 members (excludes halogenated alkanes) is 1. The number of amides is 2. The van der Waals surface area contributed by atoms with E-state index in [2.05, 4.69) is 20.6 Å². The lowest BCUT2D eigenvalue weighted by Gasteiger charge is -2.27. The third-order valence-corrected chi connectivity index (χ3v) is 8.47. The van der Waals surface area contributed by atoms with Gasteiger partial charge in [0.05, 0.1) is 24.2 Å². The molecule has 2 aromatic rings. The van der Waals surface area contributed by atoms with Crippen molar-refractivity contribution < 1.29 is 37.7 Å². The average Bonchev–Trinajstić information content (AvgIpc) is 3.43. The molecule has 1 aliphatic rings. The highest BCUT2D eigenvalue weighted by atomic mass is 19.3. The Morgan fingerprint density at radius 3 is 2.48 bits per heavy atom. The van der Waals surface area contributed by atoms with E-state index in [1.807, 2.05) is 13.8 Å². The summed E-state index contributed by atoms with van der Waals surface area (Å²) >= 11 is 0. The summed E-state index contributed by atoms with van der Waals surface area (Å²) in [5.41, 5.74) is -0.266. The predicted molar refractivity (Wildman–Crippen MR) is 162 cm³/mol. The van der Waals surface area contributed by atoms with Gasteiger partial charge in [0.2, 0.25) is 11.8 Å². The van der Waals surface area contributed by atoms with E-state index >= 15 is 8.78 Å². The van der Waals surface area contributed by atoms with Crippen molar-refractivity contribution >= 4 is 28.8 Å². The summed E-state index contributed by atoms with van der Waals surface area (Å²) in [5.74, 6) is -4.40. The van der Waals surface area contributed by atoms with Crippen LogP contribution < -0.4 is 15.4 Å². The van der Waals surface area contributed by atoms with E-state index in [1.54, 1.807) is 19.9 Å². The lowest BCUT2D eigenvalue weighted by molar-refractivity contribution is -0.130. The topological polar surface area (TPSA) is 140 Å². The van der Waals surface area contributed by atoms with Crippen LogP contribution in [0.3, 0.4) is 0 Å². The van der Waals surface area contributed by atoms with E-state index in [1.165, 1.54) is 19.2 Å². The van der Waals surface area contributed by atoms with Crippen molar-refractivity contribution in [2.24, 2.45) is 17.8 Å². The average molecular weight is 621 g/mol. The number of Topliss-reactive ketones (excluding diaryl/α,β-unsaturated/α-hetero) is 1. The second-order valence-corrected chi connectivity index (χ2v) is 11.9. The fourth-order valence-corrected chi connectivity index (χ4v) is 5.85. The van der Waals surface area contributed by atoms with Gasteiger partial charge in [-0.1, -0.05) is 47.0 Å². The van der Waals surface area contributed by atoms with E-state index in [-0.39, 0.29) is 53.6 Å². The standard InChI is InChI=1S/C32H46F2N4O6/c1-6-20(7-2)27(28(40)19(3)4)38-26(39)18-35-31(42)44-25-13-10-12-21(25)11-8-9-16-32(33,34)29-30(41)37-24-17-22(43-5)14-15-23(24)36-29/h14-15,17,19-21,25,27H,6-13,16,18H2,1-5H3,(H,35,42)(H,37,41)(H,38,39)/t21-,25?,27+/m1/s1. The second kappa shape index (κ2) is 15.9. The molecule has 2 amide bonds. The molecule has 10 nitrogen and oxygen atoms in total. The molecule has 0 saturated heterocycles. The summed E-state index contributed by atoms with van der Waals surface area (Å²) in [5, 5.41) is 15.4. The van der Waals surface area contributed by atoms with E-state index in [9.17, 15) is 19.5 Å². The quantitative estimate of drug-likeness (QED) is 0.193. The number of alkyl carbamates (subject to hydrolysis) is 1. The van der Waals surface area contributed by atoms with Gasteiger partial charge in [-0.25, -0.2) is 14.8 Å². The number of alkyl halides is 2. The summed E-state index contributed by atoms with van der Waals surface area (Å²) in [7, 11) is 1.47. The number of hydrogen-bond acceptors (Lipinski definition) is 8. The number of nitrogens with one attached hydrogen (secondary N) is 2. The van der Waals surface area contributed by atoms with Crippen molar-refractivity contribution in [2.45, 2.75) is 104 Å². The normalized spacial score (nSPS) is 17.6. The maximum absolute atomic E-state index is 15.0. The largest absolute Gasteiger partial charge is 0.497 e. The van der Waals surface area contributed by atoms with Crippen LogP contribution in [0.4, 0.5) is 13.6 Å². The highest BCUT2D eigenvalue weighted by molar-refractivity contribution is 5.91. The first-order chi connectivity index (χ1) is 20.9. The highest BCUT2D eigenvalue weighted by Crippen LogP contribution is 2.39. The Labute approximate surface area is 257 Å². The van der Waals surface area contributed by atoms with Gasteiger partial charge in [0.1, 0.15) is 18.4 Å². The fraction of sp³-hybridized carbons (Fsp3) is 0.656. The molecule has 44 heavy (non-hydrogen) atoms. The Bertz CT molecular complexity index is 1290. The molecule has 0 radical (unpaired) electrons. The molecule has 0 aliphatic heterocycles. The fourth-order valence-electron chi connectivity index (χ4n) is 5.85. The number of rotatable bonds is 16. The first-order valence-corrected chi connectivity index (χ1v) is 15.6. The Balaban J connectivity index is 1.46. The molecule has 3 rings (SSSR count). The first-order valence-electron chi connectivity index (χ1n) is 15.6. The molecule has 1 aromatic carbocycles. The van der Waals surface area contributed by atoms with Gasteiger partial charge in [-0.3, -0.25) is 9.59 Å². The molecule has 3 atom stereocenters. The van der Waals surface area contributed by atoms with Gasteiger partial charge in [0.15, 0.2) is 11.5 Å². The predicted octanol–water partition coefficient (Wildman–Crippen LogP) is 6.04. The molecule has 0 bridgehead atoms. The Morgan fingerprint density at radius 1 is 1.09 bits per heavy atom. The monoisotopic (exact) mass is 620 g/mol. The molecular weight excluding hydrogens is 574 g/mol. The van der Waals surface area contributed by atoms with Crippen LogP contribution in [0.15, 0.2) is 18.2 Å². The number of benzene rings is 1. The van der Waals surface area contributed by atoms with Crippen molar-refractivity contribution in [2.75, 3.05) is 13.7 Å². The van der Waals surface area contributed by atoms with E-state index in [0.29, 0.717) is 25.0 Å². The number of aromatic hydroxyl groups is 1. The minimum atomic E-state index is -3.37. The molecule has 1 aliphatic carbocycles. The number of nitrogens with zero attached hydrogens (tertiary/aromatic N) is 2. The minimum absolute atomic E-state index is 0.0100. The van der Waals surface area contributed by atoms with Crippen molar-refractivity contribution in [3.63, 3.8) is 0 Å². The van der Waals surface area contributed by atoms with Crippen molar-refractivity contribution in [3.8, 4) is 11.6 Å². The van der Waals surface area contributed by atoms with Crippen LogP contribution in [-0.4, -0.2) is 58.7 Å². The molecule has 1 aromatic heterocycles. The van der Waals surface area contributed by atoms with Crippen LogP contribution in [-0.2, 0) is 20.2 Å². The zero-order chi connectivity index (χ0) is 32.4. The lowest BCUT2D eigenvalue weighted by atomic mass is 9.87. The van der Waals surface area contributed by atoms with Crippen molar-refractivity contribution in [1.82, 2.24) is 20.6 Å². The van der Waals surface area contributed by atoms with Crippen molar-refractivity contribution in [3.05, 3.63) is 23.9 Å². The van der Waals surface area contributed by atoms with Crippen LogP contribution in [0, 0.1) is 17.8 Å². The van der Waals surface area contributed by atoms with E-state index in [0.717, 1.165) is 25.7 Å². The smallest absolute Gasteiger partial charge is 0.407 e. The number of carbonyl (C=O) groups is 3. The first kappa shape index (κ1) is 34.9. The molecular formula is C32H46F2N4O6. The zero-order valence-corrected chi connectivity index (χ0v) is 26.3. The molecule has 1 fully saturated rings. The van der Waals surface area contributed by atoms with Gasteiger partial charge < -0.3 is 25.2 Å². The molecule has 1 unspecified atom stereocenters. The SMILES string of the molecule is CCC(CC)[C@H](NC(=O)CNC(=O)OC1CCC[C@H]1CCCCC(F)(F)c1nc2ccc(OC)cc2nc1O)C(=O)C(C)C. The van der Waals surface area contributed by atoms with Gasteiger partial charge in [0, 0.05) is 18.4 Å². The molecule has 3 N–H and O–H groups in total. The van der Waals surface area contributed by atoms with Gasteiger partial charge in [-0.05, 0) is 56.1 Å². The zero-order valence-electron chi connectivity index (χ0n) is 26.3. The maximum Gasteiger partial charge on any atom is 0.407 e. The Hall–Kier alpha value is -3.57. The highest BCUT2D eigenvalue weighted by Gasteiger charge is 2.37. The number of hydrogen-bond donors (Lipinski definition) is 3. The Morgan fingerprint density at radius 2 is 1.82 bits per heavy atom. The molecule has 1 heterocycles. The van der Waals surface area contributed by atoms with Crippen LogP contribution in [0.25, 0.3) is 11.0 Å². The lowest BCUT2D eigenvalue weighted by Crippen LogP contribution is -2.50. The van der Waals surface area contributed by atoms with Gasteiger partial charge in [-0.2, -0.15) is 8.78 Å². The number of ketones is 1. The summed E-state index contributed by atoms with van der Waals surface area (Å²) in [6.07, 6.45) is 3.44. The Kier molecular flexibility index (Phi) is 12.7. The van der Waals surface area contributed by atoms with E-state index in [4.69, 9.17) is 9.47 Å². The van der Waals surface area contributed by atoms with Crippen LogP contribution in [0.1, 0.15) is 91.2 Å². The number of aromatic nitrogens is 2. The number of ether oxygens (including phenoxy) is 2. The molecule has 244 valence electrons. The summed E-state index contributed by atoms with van der Waals surface area (Å²) in [6.45, 7) is 7.23. The molecule has 12 heteroatoms. The van der Waals surface area contributed by atoms with Crippen LogP contribution >= 0.6 is 0 Å². The minimum Gasteiger partial charge on any atom is -0.497 e. The number of fused-ring (bicyclic) bond motifs is 1. The van der Waals surface area contributed by atoms with Crippen LogP contribution in [0.2, 0.25) is 0 Å². The number of halogens is 2. The van der Waals surface area contributed by atoms with E-state index < -0.39 is 42.0 Å². The molecule has 1 saturated carbocycles. The van der Waals surface area contributed by atoms with Crippen LogP contribution in [0.5, 0.6) is 11.6 Å². The van der Waals surface area contributed by atoms with Gasteiger partial charge in [-0.15, -0.1) is 0 Å². The third kappa shape index (κ3) is 9.22. The maximum atomic E-state index is 15.0. The second-order valence-electron chi connectivity index (χ2n) is 11.9. The number of methoxy groups -OCH3 is 1. The number of carbonyl (C=O) groups excluding carboxylic acids is 3. The van der Waals surface area contributed by atoms with Gasteiger partial charge in [0.25, 0.3) is 5.92 Å². The summed E-state index contributed by atoms with van der Waals surface area (Å²) < 4.78 is 40.7. The van der Waals surface area contributed by atoms with Crippen molar-refractivity contribution in [1.29, 1.82) is 0 Å². The summed E-state index contributed by atoms with van der Waals surface area (Å²) in [6, 6.07) is 4.01.